The van der Waals surface area contributed by atoms with Crippen LogP contribution in [0.3, 0.4) is 0 Å². The first kappa shape index (κ1) is 20.7. The number of hydrogen-bond donors (Lipinski definition) is 2. The fourth-order valence-electron chi connectivity index (χ4n) is 4.65. The van der Waals surface area contributed by atoms with Gasteiger partial charge in [0.1, 0.15) is 0 Å². The van der Waals surface area contributed by atoms with Crippen molar-refractivity contribution in [1.29, 1.82) is 0 Å². The highest BCUT2D eigenvalue weighted by atomic mass is 35.5. The molecule has 30 heavy (non-hydrogen) atoms. The van der Waals surface area contributed by atoms with E-state index in [4.69, 9.17) is 11.6 Å². The lowest BCUT2D eigenvalue weighted by Crippen LogP contribution is -2.25. The van der Waals surface area contributed by atoms with E-state index >= 15 is 0 Å². The zero-order chi connectivity index (χ0) is 21.3. The summed E-state index contributed by atoms with van der Waals surface area (Å²) in [6.45, 7) is 5.08. The van der Waals surface area contributed by atoms with Crippen molar-refractivity contribution in [3.05, 3.63) is 92.8 Å². The van der Waals surface area contributed by atoms with Gasteiger partial charge in [0.15, 0.2) is 0 Å². The number of carboxylic acids is 1. The van der Waals surface area contributed by atoms with E-state index in [1.165, 1.54) is 11.1 Å². The molecule has 0 saturated heterocycles. The molecule has 1 aliphatic rings. The molecule has 156 valence electrons. The molecule has 1 atom stereocenters. The van der Waals surface area contributed by atoms with Crippen LogP contribution in [0.5, 0.6) is 0 Å². The smallest absolute Gasteiger partial charge is 0.337 e. The van der Waals surface area contributed by atoms with Gasteiger partial charge in [-0.05, 0) is 61.9 Å². The first-order valence-electron chi connectivity index (χ1n) is 10.4. The molecule has 2 aromatic carbocycles. The second-order valence-corrected chi connectivity index (χ2v) is 8.50. The molecule has 3 aromatic rings. The monoisotopic (exact) mass is 422 g/mol. The zero-order valence-corrected chi connectivity index (χ0v) is 18.2. The quantitative estimate of drug-likeness (QED) is 0.538. The lowest BCUT2D eigenvalue weighted by molar-refractivity contribution is 0.0694. The molecule has 0 fully saturated rings. The fourth-order valence-corrected chi connectivity index (χ4v) is 4.78. The average molecular weight is 423 g/mol. The highest BCUT2D eigenvalue weighted by Gasteiger charge is 2.25. The maximum Gasteiger partial charge on any atom is 0.337 e. The number of rotatable bonds is 6. The highest BCUT2D eigenvalue weighted by Crippen LogP contribution is 2.31. The summed E-state index contributed by atoms with van der Waals surface area (Å²) < 4.78 is 2.10. The van der Waals surface area contributed by atoms with E-state index < -0.39 is 5.97 Å². The molecule has 4 rings (SSSR count). The predicted molar refractivity (Wildman–Crippen MR) is 120 cm³/mol. The summed E-state index contributed by atoms with van der Waals surface area (Å²) in [5.74, 6) is -0.869. The SMILES string of the molecule is Cc1c(CNC2CCCc3ccccc32)c(C(=O)O)c(C)n1Cc1ccc(Cl)cc1. The van der Waals surface area contributed by atoms with Crippen molar-refractivity contribution in [1.82, 2.24) is 9.88 Å². The van der Waals surface area contributed by atoms with Crippen molar-refractivity contribution >= 4 is 17.6 Å². The van der Waals surface area contributed by atoms with E-state index in [-0.39, 0.29) is 6.04 Å². The van der Waals surface area contributed by atoms with Gasteiger partial charge in [0.25, 0.3) is 0 Å². The highest BCUT2D eigenvalue weighted by molar-refractivity contribution is 6.30. The molecule has 0 saturated carbocycles. The van der Waals surface area contributed by atoms with E-state index in [1.54, 1.807) is 0 Å². The van der Waals surface area contributed by atoms with Crippen LogP contribution < -0.4 is 5.32 Å². The molecule has 2 N–H and O–H groups in total. The third-order valence-electron chi connectivity index (χ3n) is 6.27. The van der Waals surface area contributed by atoms with Gasteiger partial charge in [0.05, 0.1) is 5.56 Å². The van der Waals surface area contributed by atoms with E-state index in [1.807, 2.05) is 38.1 Å². The third-order valence-corrected chi connectivity index (χ3v) is 6.52. The second-order valence-electron chi connectivity index (χ2n) is 8.07. The Morgan fingerprint density at radius 3 is 2.60 bits per heavy atom. The Hall–Kier alpha value is -2.56. The van der Waals surface area contributed by atoms with Crippen molar-refractivity contribution < 1.29 is 9.90 Å². The fraction of sp³-hybridized carbons (Fsp3) is 0.320. The van der Waals surface area contributed by atoms with Crippen LogP contribution in [-0.2, 0) is 19.5 Å². The molecular formula is C25H27ClN2O2. The average Bonchev–Trinajstić information content (AvgIpc) is 2.98. The van der Waals surface area contributed by atoms with Crippen LogP contribution in [-0.4, -0.2) is 15.6 Å². The molecule has 1 unspecified atom stereocenters. The number of fused-ring (bicyclic) bond motifs is 1. The van der Waals surface area contributed by atoms with Crippen LogP contribution in [0.25, 0.3) is 0 Å². The molecule has 0 bridgehead atoms. The molecule has 0 aliphatic heterocycles. The summed E-state index contributed by atoms with van der Waals surface area (Å²) >= 11 is 6.01. The van der Waals surface area contributed by atoms with Crippen molar-refractivity contribution in [2.45, 2.75) is 52.2 Å². The van der Waals surface area contributed by atoms with Crippen molar-refractivity contribution in [2.24, 2.45) is 0 Å². The third kappa shape index (κ3) is 4.03. The van der Waals surface area contributed by atoms with Gasteiger partial charge < -0.3 is 15.0 Å². The minimum atomic E-state index is -0.869. The molecule has 1 aromatic heterocycles. The van der Waals surface area contributed by atoms with Crippen LogP contribution in [0.2, 0.25) is 5.02 Å². The van der Waals surface area contributed by atoms with Crippen LogP contribution in [0, 0.1) is 13.8 Å². The minimum absolute atomic E-state index is 0.260. The lowest BCUT2D eigenvalue weighted by Gasteiger charge is -2.26. The van der Waals surface area contributed by atoms with Gasteiger partial charge >= 0.3 is 5.97 Å². The van der Waals surface area contributed by atoms with Crippen molar-refractivity contribution in [3.8, 4) is 0 Å². The Bertz CT molecular complexity index is 1070. The molecular weight excluding hydrogens is 396 g/mol. The minimum Gasteiger partial charge on any atom is -0.478 e. The summed E-state index contributed by atoms with van der Waals surface area (Å²) in [5, 5.41) is 14.3. The number of hydrogen-bond acceptors (Lipinski definition) is 2. The number of aromatic nitrogens is 1. The van der Waals surface area contributed by atoms with Crippen molar-refractivity contribution in [3.63, 3.8) is 0 Å². The van der Waals surface area contributed by atoms with Crippen LogP contribution in [0.1, 0.15) is 62.9 Å². The molecule has 0 radical (unpaired) electrons. The first-order valence-corrected chi connectivity index (χ1v) is 10.8. The largest absolute Gasteiger partial charge is 0.478 e. The lowest BCUT2D eigenvalue weighted by atomic mass is 9.87. The Labute approximate surface area is 182 Å². The summed E-state index contributed by atoms with van der Waals surface area (Å²) in [6.07, 6.45) is 3.34. The van der Waals surface area contributed by atoms with Gasteiger partial charge in [-0.25, -0.2) is 4.79 Å². The Balaban J connectivity index is 1.62. The summed E-state index contributed by atoms with van der Waals surface area (Å²) in [5.41, 5.74) is 6.91. The number of carboxylic acid groups (broad SMARTS) is 1. The number of nitrogens with one attached hydrogen (secondary N) is 1. The predicted octanol–water partition coefficient (Wildman–Crippen LogP) is 5.67. The van der Waals surface area contributed by atoms with Crippen LogP contribution in [0.4, 0.5) is 0 Å². The molecule has 5 heteroatoms. The van der Waals surface area contributed by atoms with Gasteiger partial charge in [-0.2, -0.15) is 0 Å². The topological polar surface area (TPSA) is 54.3 Å². The van der Waals surface area contributed by atoms with E-state index in [0.717, 1.165) is 41.8 Å². The molecule has 0 amide bonds. The molecule has 1 aliphatic carbocycles. The second kappa shape index (κ2) is 8.66. The first-order chi connectivity index (χ1) is 14.5. The summed E-state index contributed by atoms with van der Waals surface area (Å²) in [4.78, 5) is 12.1. The van der Waals surface area contributed by atoms with Gasteiger partial charge in [0, 0.05) is 41.1 Å². The number of carbonyl (C=O) groups is 1. The number of aryl methyl sites for hydroxylation is 1. The van der Waals surface area contributed by atoms with E-state index in [9.17, 15) is 9.90 Å². The number of nitrogens with zero attached hydrogens (tertiary/aromatic N) is 1. The van der Waals surface area contributed by atoms with Crippen molar-refractivity contribution in [2.75, 3.05) is 0 Å². The Morgan fingerprint density at radius 2 is 1.87 bits per heavy atom. The molecule has 4 nitrogen and oxygen atoms in total. The Morgan fingerprint density at radius 1 is 1.13 bits per heavy atom. The number of halogens is 1. The van der Waals surface area contributed by atoms with Crippen LogP contribution in [0.15, 0.2) is 48.5 Å². The normalized spacial score (nSPS) is 15.8. The van der Waals surface area contributed by atoms with E-state index in [2.05, 4.69) is 34.1 Å². The Kier molecular flexibility index (Phi) is 5.98. The summed E-state index contributed by atoms with van der Waals surface area (Å²) in [7, 11) is 0. The van der Waals surface area contributed by atoms with Gasteiger partial charge in [-0.3, -0.25) is 0 Å². The standard InChI is InChI=1S/C25H27ClN2O2/c1-16-22(14-27-23-9-5-7-19-6-3-4-8-21(19)23)24(25(29)30)17(2)28(16)15-18-10-12-20(26)13-11-18/h3-4,6,8,10-13,23,27H,5,7,9,14-15H2,1-2H3,(H,29,30). The van der Waals surface area contributed by atoms with Gasteiger partial charge in [0.2, 0.25) is 0 Å². The van der Waals surface area contributed by atoms with Gasteiger partial charge in [-0.15, -0.1) is 0 Å². The van der Waals surface area contributed by atoms with Crippen LogP contribution >= 0.6 is 11.6 Å². The summed E-state index contributed by atoms with van der Waals surface area (Å²) in [6, 6.07) is 16.5. The maximum absolute atomic E-state index is 12.1. The molecule has 1 heterocycles. The van der Waals surface area contributed by atoms with E-state index in [0.29, 0.717) is 23.7 Å². The number of aromatic carboxylic acids is 1. The maximum atomic E-state index is 12.1. The molecule has 0 spiro atoms. The number of benzene rings is 2. The zero-order valence-electron chi connectivity index (χ0n) is 17.4. The van der Waals surface area contributed by atoms with Gasteiger partial charge in [-0.1, -0.05) is 48.0 Å².